The van der Waals surface area contributed by atoms with Gasteiger partial charge in [-0.25, -0.2) is 8.42 Å². The van der Waals surface area contributed by atoms with E-state index in [1.165, 1.54) is 17.0 Å². The number of thioether (sulfide) groups is 1. The number of hydrogen-bond acceptors (Lipinski definition) is 7. The number of nitrogens with zero attached hydrogens (tertiary/aromatic N) is 1. The van der Waals surface area contributed by atoms with E-state index in [0.717, 1.165) is 22.9 Å². The molecule has 1 aliphatic heterocycles. The van der Waals surface area contributed by atoms with Crippen molar-refractivity contribution < 1.29 is 22.7 Å². The summed E-state index contributed by atoms with van der Waals surface area (Å²) in [6.45, 7) is 1.86. The van der Waals surface area contributed by atoms with Gasteiger partial charge in [0.25, 0.3) is 15.9 Å². The number of hydrazine groups is 1. The Morgan fingerprint density at radius 2 is 1.88 bits per heavy atom. The molecule has 168 valence electrons. The monoisotopic (exact) mass is 491 g/mol. The van der Waals surface area contributed by atoms with Crippen LogP contribution in [0, 0.1) is 6.92 Å². The fourth-order valence-electron chi connectivity index (χ4n) is 2.80. The number of carbonyl (C=O) groups excluding carboxylic acids is 2. The predicted molar refractivity (Wildman–Crippen MR) is 127 cm³/mol. The van der Waals surface area contributed by atoms with E-state index in [1.54, 1.807) is 31.4 Å². The molecule has 0 saturated carbocycles. The number of sulfonamides is 1. The number of thiocarbonyl (C=S) groups is 1. The van der Waals surface area contributed by atoms with Crippen molar-refractivity contribution in [3.05, 3.63) is 64.6 Å². The van der Waals surface area contributed by atoms with Gasteiger partial charge in [0.1, 0.15) is 10.1 Å². The Labute approximate surface area is 196 Å². The average Bonchev–Trinajstić information content (AvgIpc) is 3.04. The van der Waals surface area contributed by atoms with E-state index in [0.29, 0.717) is 15.0 Å². The molecule has 0 unspecified atom stereocenters. The van der Waals surface area contributed by atoms with Gasteiger partial charge in [-0.1, -0.05) is 59.9 Å². The zero-order valence-electron chi connectivity index (χ0n) is 17.3. The summed E-state index contributed by atoms with van der Waals surface area (Å²) in [7, 11) is -2.35. The summed E-state index contributed by atoms with van der Waals surface area (Å²) in [5, 5.41) is 0. The molecule has 3 rings (SSSR count). The van der Waals surface area contributed by atoms with E-state index in [2.05, 4.69) is 10.3 Å². The number of aryl methyl sites for hydroxylation is 1. The summed E-state index contributed by atoms with van der Waals surface area (Å²) in [6.07, 6.45) is 1.55. The quantitative estimate of drug-likeness (QED) is 0.332. The molecule has 0 aliphatic carbocycles. The molecule has 0 spiro atoms. The lowest BCUT2D eigenvalue weighted by atomic mass is 10.2. The first-order valence-electron chi connectivity index (χ1n) is 9.47. The fourth-order valence-corrected chi connectivity index (χ4v) is 4.96. The van der Waals surface area contributed by atoms with Crippen LogP contribution in [0.15, 0.2) is 58.3 Å². The van der Waals surface area contributed by atoms with Gasteiger partial charge in [0.2, 0.25) is 5.91 Å². The summed E-state index contributed by atoms with van der Waals surface area (Å²) in [4.78, 5) is 28.7. The number of para-hydroxylation sites is 1. The highest BCUT2D eigenvalue weighted by molar-refractivity contribution is 8.26. The van der Waals surface area contributed by atoms with Gasteiger partial charge in [-0.2, -0.15) is 0 Å². The minimum atomic E-state index is -3.89. The second-order valence-electron chi connectivity index (χ2n) is 6.79. The Balaban J connectivity index is 1.57. The van der Waals surface area contributed by atoms with E-state index < -0.39 is 15.9 Å². The van der Waals surface area contributed by atoms with Crippen molar-refractivity contribution in [2.75, 3.05) is 13.7 Å². The second-order valence-corrected chi connectivity index (χ2v) is 10.2. The lowest BCUT2D eigenvalue weighted by molar-refractivity contribution is -0.124. The maximum Gasteiger partial charge on any atom is 0.266 e. The van der Waals surface area contributed by atoms with Crippen LogP contribution >= 0.6 is 24.0 Å². The van der Waals surface area contributed by atoms with E-state index in [4.69, 9.17) is 17.0 Å². The second kappa shape index (κ2) is 10.3. The van der Waals surface area contributed by atoms with Crippen molar-refractivity contribution in [1.82, 2.24) is 15.2 Å². The summed E-state index contributed by atoms with van der Waals surface area (Å²) in [5.41, 5.74) is 3.81. The van der Waals surface area contributed by atoms with Crippen LogP contribution in [0.1, 0.15) is 17.5 Å². The van der Waals surface area contributed by atoms with Gasteiger partial charge in [-0.05, 0) is 31.2 Å². The molecule has 2 N–H and O–H groups in total. The molecule has 1 aliphatic rings. The molecule has 0 radical (unpaired) electrons. The Morgan fingerprint density at radius 3 is 2.56 bits per heavy atom. The Hall–Kier alpha value is -2.73. The molecule has 32 heavy (non-hydrogen) atoms. The van der Waals surface area contributed by atoms with Gasteiger partial charge in [-0.15, -0.1) is 4.83 Å². The first-order chi connectivity index (χ1) is 15.2. The topological polar surface area (TPSA) is 105 Å². The highest BCUT2D eigenvalue weighted by atomic mass is 32.2. The first-order valence-corrected chi connectivity index (χ1v) is 12.2. The van der Waals surface area contributed by atoms with Gasteiger partial charge < -0.3 is 4.74 Å². The molecule has 2 aromatic rings. The SMILES string of the molecule is COc1ccccc1C=C1SC(=S)N(CCC(=O)NNS(=O)(=O)c2ccc(C)cc2)C1=O. The predicted octanol–water partition coefficient (Wildman–Crippen LogP) is 2.60. The van der Waals surface area contributed by atoms with Gasteiger partial charge in [0.05, 0.1) is 16.9 Å². The lowest BCUT2D eigenvalue weighted by Crippen LogP contribution is -2.43. The Kier molecular flexibility index (Phi) is 7.67. The van der Waals surface area contributed by atoms with Crippen LogP contribution < -0.4 is 15.0 Å². The van der Waals surface area contributed by atoms with Crippen LogP contribution in [-0.4, -0.2) is 43.1 Å². The molecule has 1 heterocycles. The fraction of sp³-hybridized carbons (Fsp3) is 0.190. The van der Waals surface area contributed by atoms with E-state index in [9.17, 15) is 18.0 Å². The third kappa shape index (κ3) is 5.74. The van der Waals surface area contributed by atoms with Crippen LogP contribution in [0.4, 0.5) is 0 Å². The lowest BCUT2D eigenvalue weighted by Gasteiger charge is -2.14. The van der Waals surface area contributed by atoms with Crippen molar-refractivity contribution in [2.45, 2.75) is 18.2 Å². The van der Waals surface area contributed by atoms with Crippen LogP contribution in [-0.2, 0) is 19.6 Å². The average molecular weight is 492 g/mol. The third-order valence-electron chi connectivity index (χ3n) is 4.52. The molecule has 0 atom stereocenters. The summed E-state index contributed by atoms with van der Waals surface area (Å²) < 4.78 is 30.1. The molecule has 0 bridgehead atoms. The van der Waals surface area contributed by atoms with E-state index in [-0.39, 0.29) is 23.8 Å². The number of methoxy groups -OCH3 is 1. The standard InChI is InChI=1S/C21H21N3O5S3/c1-14-7-9-16(10-8-14)32(27,28)23-22-19(25)11-12-24-20(26)18(31-21(24)30)13-15-5-3-4-6-17(15)29-2/h3-10,13,23H,11-12H2,1-2H3,(H,22,25). The number of benzene rings is 2. The molecule has 11 heteroatoms. The number of amides is 2. The minimum Gasteiger partial charge on any atom is -0.496 e. The number of ether oxygens (including phenoxy) is 1. The maximum atomic E-state index is 12.7. The van der Waals surface area contributed by atoms with Gasteiger partial charge in [0, 0.05) is 18.5 Å². The van der Waals surface area contributed by atoms with Crippen LogP contribution in [0.25, 0.3) is 6.08 Å². The molecule has 8 nitrogen and oxygen atoms in total. The number of carbonyl (C=O) groups is 2. The van der Waals surface area contributed by atoms with E-state index >= 15 is 0 Å². The molecular formula is C21H21N3O5S3. The third-order valence-corrected chi connectivity index (χ3v) is 7.16. The Bertz CT molecular complexity index is 1180. The van der Waals surface area contributed by atoms with E-state index in [1.807, 2.05) is 25.1 Å². The smallest absolute Gasteiger partial charge is 0.266 e. The van der Waals surface area contributed by atoms with Crippen molar-refractivity contribution >= 4 is 56.2 Å². The number of rotatable bonds is 8. The van der Waals surface area contributed by atoms with Crippen molar-refractivity contribution in [3.63, 3.8) is 0 Å². The van der Waals surface area contributed by atoms with Gasteiger partial charge in [-0.3, -0.25) is 19.9 Å². The van der Waals surface area contributed by atoms with Crippen molar-refractivity contribution in [1.29, 1.82) is 0 Å². The maximum absolute atomic E-state index is 12.7. The van der Waals surface area contributed by atoms with Crippen molar-refractivity contribution in [2.24, 2.45) is 0 Å². The van der Waals surface area contributed by atoms with Gasteiger partial charge >= 0.3 is 0 Å². The normalized spacial score (nSPS) is 15.3. The largest absolute Gasteiger partial charge is 0.496 e. The number of hydrogen-bond donors (Lipinski definition) is 2. The summed E-state index contributed by atoms with van der Waals surface area (Å²) in [5.74, 6) is -0.291. The molecule has 2 amide bonds. The molecule has 1 saturated heterocycles. The molecule has 0 aromatic heterocycles. The molecule has 1 fully saturated rings. The van der Waals surface area contributed by atoms with Crippen LogP contribution in [0.2, 0.25) is 0 Å². The van der Waals surface area contributed by atoms with Crippen molar-refractivity contribution in [3.8, 4) is 5.75 Å². The summed E-state index contributed by atoms with van der Waals surface area (Å²) >= 11 is 6.41. The molecule has 2 aromatic carbocycles. The number of nitrogens with one attached hydrogen (secondary N) is 2. The van der Waals surface area contributed by atoms with Crippen LogP contribution in [0.5, 0.6) is 5.75 Å². The summed E-state index contributed by atoms with van der Waals surface area (Å²) in [6, 6.07) is 13.5. The minimum absolute atomic E-state index is 0.0199. The Morgan fingerprint density at radius 1 is 1.19 bits per heavy atom. The highest BCUT2D eigenvalue weighted by Crippen LogP contribution is 2.34. The highest BCUT2D eigenvalue weighted by Gasteiger charge is 2.32. The zero-order chi connectivity index (χ0) is 23.3. The van der Waals surface area contributed by atoms with Gasteiger partial charge in [0.15, 0.2) is 0 Å². The molecular weight excluding hydrogens is 470 g/mol. The van der Waals surface area contributed by atoms with Crippen LogP contribution in [0.3, 0.4) is 0 Å². The zero-order valence-corrected chi connectivity index (χ0v) is 19.8. The first kappa shape index (κ1) is 23.9.